The summed E-state index contributed by atoms with van der Waals surface area (Å²) < 4.78 is 25.8. The average Bonchev–Trinajstić information content (AvgIpc) is 2.73. The molecule has 0 aliphatic rings. The standard InChI is InChI=1S/C22H19FN2O4/c1-3-4-11-25-20(13-5-7-14(23)8-6-13)24-21-18(22(25)27)19(26)16-10-9-15(28-2)12-17(16)29-21/h5-10,12H,3-4,11H2,1-2H3. The number of halogens is 1. The van der Waals surface area contributed by atoms with E-state index in [4.69, 9.17) is 9.15 Å². The highest BCUT2D eigenvalue weighted by Gasteiger charge is 2.19. The lowest BCUT2D eigenvalue weighted by atomic mass is 10.1. The fraction of sp³-hybridized carbons (Fsp3) is 0.227. The van der Waals surface area contributed by atoms with Crippen LogP contribution in [0.25, 0.3) is 33.5 Å². The van der Waals surface area contributed by atoms with Crippen LogP contribution in [0.4, 0.5) is 4.39 Å². The summed E-state index contributed by atoms with van der Waals surface area (Å²) in [6, 6.07) is 10.5. The van der Waals surface area contributed by atoms with Crippen molar-refractivity contribution in [2.24, 2.45) is 0 Å². The highest BCUT2D eigenvalue weighted by atomic mass is 19.1. The van der Waals surface area contributed by atoms with Crippen molar-refractivity contribution >= 4 is 22.1 Å². The first-order chi connectivity index (χ1) is 14.0. The number of nitrogens with zero attached hydrogens (tertiary/aromatic N) is 2. The van der Waals surface area contributed by atoms with E-state index >= 15 is 0 Å². The Labute approximate surface area is 165 Å². The van der Waals surface area contributed by atoms with Crippen molar-refractivity contribution in [3.8, 4) is 17.1 Å². The lowest BCUT2D eigenvalue weighted by Gasteiger charge is -2.13. The fourth-order valence-corrected chi connectivity index (χ4v) is 3.29. The fourth-order valence-electron chi connectivity index (χ4n) is 3.29. The van der Waals surface area contributed by atoms with Crippen LogP contribution in [-0.2, 0) is 6.54 Å². The van der Waals surface area contributed by atoms with E-state index in [0.717, 1.165) is 12.8 Å². The summed E-state index contributed by atoms with van der Waals surface area (Å²) in [6.07, 6.45) is 1.59. The molecule has 0 atom stereocenters. The molecule has 2 aromatic carbocycles. The van der Waals surface area contributed by atoms with Gasteiger partial charge in [0.1, 0.15) is 23.0 Å². The number of aromatic nitrogens is 2. The normalized spacial score (nSPS) is 11.3. The van der Waals surface area contributed by atoms with Crippen molar-refractivity contribution in [1.29, 1.82) is 0 Å². The predicted molar refractivity (Wildman–Crippen MR) is 109 cm³/mol. The van der Waals surface area contributed by atoms with Gasteiger partial charge in [-0.1, -0.05) is 13.3 Å². The highest BCUT2D eigenvalue weighted by molar-refractivity contribution is 5.89. The number of methoxy groups -OCH3 is 1. The average molecular weight is 394 g/mol. The molecule has 0 saturated carbocycles. The van der Waals surface area contributed by atoms with Crippen molar-refractivity contribution in [2.45, 2.75) is 26.3 Å². The summed E-state index contributed by atoms with van der Waals surface area (Å²) in [6.45, 7) is 2.40. The number of fused-ring (bicyclic) bond motifs is 2. The van der Waals surface area contributed by atoms with Crippen LogP contribution in [0.2, 0.25) is 0 Å². The van der Waals surface area contributed by atoms with Gasteiger partial charge in [-0.15, -0.1) is 0 Å². The lowest BCUT2D eigenvalue weighted by molar-refractivity contribution is 0.414. The van der Waals surface area contributed by atoms with Gasteiger partial charge >= 0.3 is 0 Å². The van der Waals surface area contributed by atoms with E-state index in [1.807, 2.05) is 6.92 Å². The Balaban J connectivity index is 2.08. The maximum atomic E-state index is 13.4. The smallest absolute Gasteiger partial charge is 0.269 e. The second-order valence-electron chi connectivity index (χ2n) is 6.73. The number of hydrogen-bond acceptors (Lipinski definition) is 5. The van der Waals surface area contributed by atoms with Gasteiger partial charge in [-0.05, 0) is 42.8 Å². The third kappa shape index (κ3) is 3.29. The zero-order valence-electron chi connectivity index (χ0n) is 16.1. The highest BCUT2D eigenvalue weighted by Crippen LogP contribution is 2.23. The second kappa shape index (κ2) is 7.50. The van der Waals surface area contributed by atoms with Gasteiger partial charge in [-0.25, -0.2) is 4.39 Å². The molecule has 0 aliphatic heterocycles. The van der Waals surface area contributed by atoms with Crippen LogP contribution in [0.3, 0.4) is 0 Å². The van der Waals surface area contributed by atoms with Crippen molar-refractivity contribution in [3.05, 3.63) is 68.9 Å². The van der Waals surface area contributed by atoms with Gasteiger partial charge in [-0.3, -0.25) is 14.2 Å². The van der Waals surface area contributed by atoms with Crippen LogP contribution in [-0.4, -0.2) is 16.7 Å². The van der Waals surface area contributed by atoms with E-state index in [-0.39, 0.29) is 27.9 Å². The molecule has 148 valence electrons. The Morgan fingerprint density at radius 2 is 1.90 bits per heavy atom. The minimum Gasteiger partial charge on any atom is -0.497 e. The topological polar surface area (TPSA) is 74.3 Å². The maximum Gasteiger partial charge on any atom is 0.269 e. The summed E-state index contributed by atoms with van der Waals surface area (Å²) in [7, 11) is 1.51. The molecule has 0 radical (unpaired) electrons. The zero-order chi connectivity index (χ0) is 20.5. The molecule has 0 saturated heterocycles. The monoisotopic (exact) mass is 394 g/mol. The van der Waals surface area contributed by atoms with Gasteiger partial charge in [0, 0.05) is 18.2 Å². The third-order valence-corrected chi connectivity index (χ3v) is 4.84. The van der Waals surface area contributed by atoms with Gasteiger partial charge in [0.2, 0.25) is 11.1 Å². The minimum absolute atomic E-state index is 0.0483. The van der Waals surface area contributed by atoms with E-state index in [0.29, 0.717) is 23.7 Å². The molecule has 0 amide bonds. The molecule has 29 heavy (non-hydrogen) atoms. The van der Waals surface area contributed by atoms with Crippen LogP contribution in [0, 0.1) is 5.82 Å². The van der Waals surface area contributed by atoms with Crippen molar-refractivity contribution < 1.29 is 13.5 Å². The van der Waals surface area contributed by atoms with Crippen LogP contribution < -0.4 is 15.7 Å². The maximum absolute atomic E-state index is 13.4. The minimum atomic E-state index is -0.464. The van der Waals surface area contributed by atoms with Gasteiger partial charge in [0.05, 0.1) is 12.5 Å². The molecule has 2 aromatic heterocycles. The number of ether oxygens (including phenoxy) is 1. The van der Waals surface area contributed by atoms with Crippen molar-refractivity contribution in [2.75, 3.05) is 7.11 Å². The summed E-state index contributed by atoms with van der Waals surface area (Å²) in [5, 5.41) is 0.193. The molecule has 7 heteroatoms. The van der Waals surface area contributed by atoms with Crippen LogP contribution >= 0.6 is 0 Å². The zero-order valence-corrected chi connectivity index (χ0v) is 16.1. The molecule has 0 N–H and O–H groups in total. The molecule has 0 spiro atoms. The SMILES string of the molecule is CCCCn1c(-c2ccc(F)cc2)nc2oc3cc(OC)ccc3c(=O)c2c1=O. The quantitative estimate of drug-likeness (QED) is 0.476. The lowest BCUT2D eigenvalue weighted by Crippen LogP contribution is -2.27. The summed E-state index contributed by atoms with van der Waals surface area (Å²) in [5.41, 5.74) is -0.0978. The Bertz CT molecular complexity index is 1320. The molecule has 2 heterocycles. The Hall–Kier alpha value is -3.48. The molecule has 0 aliphatic carbocycles. The van der Waals surface area contributed by atoms with Crippen LogP contribution in [0.1, 0.15) is 19.8 Å². The first-order valence-corrected chi connectivity index (χ1v) is 9.35. The molecular weight excluding hydrogens is 375 g/mol. The van der Waals surface area contributed by atoms with E-state index in [2.05, 4.69) is 4.98 Å². The largest absolute Gasteiger partial charge is 0.497 e. The molecule has 6 nitrogen and oxygen atoms in total. The summed E-state index contributed by atoms with van der Waals surface area (Å²) in [5.74, 6) is 0.470. The number of hydrogen-bond donors (Lipinski definition) is 0. The summed E-state index contributed by atoms with van der Waals surface area (Å²) in [4.78, 5) is 30.8. The van der Waals surface area contributed by atoms with E-state index in [1.54, 1.807) is 30.3 Å². The van der Waals surface area contributed by atoms with Crippen molar-refractivity contribution in [3.63, 3.8) is 0 Å². The predicted octanol–water partition coefficient (Wildman–Crippen LogP) is 4.12. The van der Waals surface area contributed by atoms with Gasteiger partial charge in [0.25, 0.3) is 5.56 Å². The van der Waals surface area contributed by atoms with Crippen LogP contribution in [0.5, 0.6) is 5.75 Å². The second-order valence-corrected chi connectivity index (χ2v) is 6.73. The molecule has 4 aromatic rings. The number of unbranched alkanes of at least 4 members (excludes halogenated alkanes) is 1. The Morgan fingerprint density at radius 3 is 2.59 bits per heavy atom. The van der Waals surface area contributed by atoms with Gasteiger partial charge in [0.15, 0.2) is 5.39 Å². The van der Waals surface area contributed by atoms with E-state index < -0.39 is 11.0 Å². The molecule has 4 rings (SSSR count). The van der Waals surface area contributed by atoms with E-state index in [9.17, 15) is 14.0 Å². The molecule has 0 fully saturated rings. The molecule has 0 bridgehead atoms. The number of benzene rings is 2. The first-order valence-electron chi connectivity index (χ1n) is 9.35. The van der Waals surface area contributed by atoms with Crippen molar-refractivity contribution in [1.82, 2.24) is 9.55 Å². The Morgan fingerprint density at radius 1 is 1.14 bits per heavy atom. The van der Waals surface area contributed by atoms with Crippen LogP contribution in [0.15, 0.2) is 56.5 Å². The van der Waals surface area contributed by atoms with Gasteiger partial charge in [-0.2, -0.15) is 4.98 Å². The van der Waals surface area contributed by atoms with Gasteiger partial charge < -0.3 is 9.15 Å². The Kier molecular flexibility index (Phi) is 4.88. The summed E-state index contributed by atoms with van der Waals surface area (Å²) >= 11 is 0. The molecular formula is C22H19FN2O4. The first kappa shape index (κ1) is 18.9. The number of rotatable bonds is 5. The molecule has 0 unspecified atom stereocenters. The third-order valence-electron chi connectivity index (χ3n) is 4.84. The van der Waals surface area contributed by atoms with E-state index in [1.165, 1.54) is 23.8 Å².